The first-order valence-corrected chi connectivity index (χ1v) is 11.6. The summed E-state index contributed by atoms with van der Waals surface area (Å²) in [6.07, 6.45) is 3.37. The summed E-state index contributed by atoms with van der Waals surface area (Å²) in [4.78, 5) is 29.1. The van der Waals surface area contributed by atoms with E-state index in [2.05, 4.69) is 20.1 Å². The summed E-state index contributed by atoms with van der Waals surface area (Å²) < 4.78 is 2.11. The third-order valence-corrected chi connectivity index (χ3v) is 7.11. The van der Waals surface area contributed by atoms with Crippen LogP contribution in [0.25, 0.3) is 0 Å². The topological polar surface area (TPSA) is 80.1 Å². The van der Waals surface area contributed by atoms with E-state index in [-0.39, 0.29) is 24.3 Å². The highest BCUT2D eigenvalue weighted by Gasteiger charge is 2.45. The van der Waals surface area contributed by atoms with E-state index >= 15 is 0 Å². The highest BCUT2D eigenvalue weighted by Crippen LogP contribution is 2.43. The van der Waals surface area contributed by atoms with Gasteiger partial charge in [0.2, 0.25) is 11.8 Å². The Labute approximate surface area is 185 Å². The third kappa shape index (κ3) is 3.76. The zero-order valence-corrected chi connectivity index (χ0v) is 18.3. The van der Waals surface area contributed by atoms with Crippen LogP contribution in [0.15, 0.2) is 41.8 Å². The molecule has 0 aliphatic carbocycles. The Morgan fingerprint density at radius 2 is 2.03 bits per heavy atom. The molecule has 1 saturated heterocycles. The molecule has 2 atom stereocenters. The van der Waals surface area contributed by atoms with Gasteiger partial charge >= 0.3 is 0 Å². The maximum absolute atomic E-state index is 13.2. The first-order valence-electron chi connectivity index (χ1n) is 10.7. The fraction of sp³-hybridized carbons (Fsp3) is 0.391. The Kier molecular flexibility index (Phi) is 5.31. The third-order valence-electron chi connectivity index (χ3n) is 6.16. The lowest BCUT2D eigenvalue weighted by molar-refractivity contribution is -0.127. The fourth-order valence-electron chi connectivity index (χ4n) is 4.56. The standard InChI is InChI=1S/C23H25N5O2S/c1-15-7-9-16(10-8-15)28-21(29)13-17(22(28)18-5-4-12-31-18)23(30)24-14-20-26-25-19-6-2-3-11-27(19)20/h4-5,7-10,12,17,22H,2-3,6,11,13-14H2,1H3,(H,24,30). The largest absolute Gasteiger partial charge is 0.348 e. The maximum Gasteiger partial charge on any atom is 0.228 e. The Morgan fingerprint density at radius 1 is 1.19 bits per heavy atom. The molecule has 2 amide bonds. The average Bonchev–Trinajstić information content (AvgIpc) is 3.51. The first-order chi connectivity index (χ1) is 15.1. The second-order valence-electron chi connectivity index (χ2n) is 8.23. The molecule has 2 aliphatic rings. The number of benzene rings is 1. The number of anilines is 1. The Bertz CT molecular complexity index is 1090. The molecule has 1 aromatic carbocycles. The highest BCUT2D eigenvalue weighted by molar-refractivity contribution is 7.10. The van der Waals surface area contributed by atoms with E-state index in [4.69, 9.17) is 0 Å². The molecule has 2 unspecified atom stereocenters. The number of hydrogen-bond donors (Lipinski definition) is 1. The van der Waals surface area contributed by atoms with Gasteiger partial charge in [-0.1, -0.05) is 23.8 Å². The van der Waals surface area contributed by atoms with Gasteiger partial charge in [-0.25, -0.2) is 0 Å². The molecule has 31 heavy (non-hydrogen) atoms. The molecule has 1 N–H and O–H groups in total. The summed E-state index contributed by atoms with van der Waals surface area (Å²) in [5.74, 6) is 1.19. The molecular formula is C23H25N5O2S. The smallest absolute Gasteiger partial charge is 0.228 e. The monoisotopic (exact) mass is 435 g/mol. The summed E-state index contributed by atoms with van der Waals surface area (Å²) in [6, 6.07) is 11.6. The van der Waals surface area contributed by atoms with Crippen molar-refractivity contribution in [2.75, 3.05) is 4.90 Å². The second kappa shape index (κ2) is 8.26. The number of nitrogens with one attached hydrogen (secondary N) is 1. The highest BCUT2D eigenvalue weighted by atomic mass is 32.1. The molecule has 1 fully saturated rings. The van der Waals surface area contributed by atoms with Crippen molar-refractivity contribution in [1.29, 1.82) is 0 Å². The van der Waals surface area contributed by atoms with Gasteiger partial charge in [-0.2, -0.15) is 0 Å². The van der Waals surface area contributed by atoms with Crippen LogP contribution in [0.4, 0.5) is 5.69 Å². The lowest BCUT2D eigenvalue weighted by atomic mass is 9.97. The Morgan fingerprint density at radius 3 is 2.81 bits per heavy atom. The van der Waals surface area contributed by atoms with E-state index in [1.807, 2.05) is 48.7 Å². The number of carbonyl (C=O) groups excluding carboxylic acids is 2. The van der Waals surface area contributed by atoms with Crippen LogP contribution < -0.4 is 10.2 Å². The molecule has 2 aliphatic heterocycles. The van der Waals surface area contributed by atoms with Crippen molar-refractivity contribution in [2.45, 2.75) is 51.7 Å². The number of aromatic nitrogens is 3. The van der Waals surface area contributed by atoms with Gasteiger partial charge in [0.1, 0.15) is 5.82 Å². The number of hydrogen-bond acceptors (Lipinski definition) is 5. The fourth-order valence-corrected chi connectivity index (χ4v) is 5.44. The van der Waals surface area contributed by atoms with Crippen LogP contribution in [0.5, 0.6) is 0 Å². The zero-order valence-electron chi connectivity index (χ0n) is 17.5. The minimum atomic E-state index is -0.448. The van der Waals surface area contributed by atoms with Crippen molar-refractivity contribution in [3.63, 3.8) is 0 Å². The Balaban J connectivity index is 1.38. The van der Waals surface area contributed by atoms with Crippen LogP contribution in [-0.2, 0) is 29.1 Å². The van der Waals surface area contributed by atoms with Crippen molar-refractivity contribution >= 4 is 28.8 Å². The molecule has 8 heteroatoms. The van der Waals surface area contributed by atoms with E-state index < -0.39 is 5.92 Å². The van der Waals surface area contributed by atoms with E-state index in [1.165, 1.54) is 0 Å². The first kappa shape index (κ1) is 19.9. The molecule has 0 spiro atoms. The van der Waals surface area contributed by atoms with Crippen molar-refractivity contribution in [3.05, 3.63) is 63.9 Å². The summed E-state index contributed by atoms with van der Waals surface area (Å²) >= 11 is 1.58. The van der Waals surface area contributed by atoms with Crippen molar-refractivity contribution in [2.24, 2.45) is 5.92 Å². The van der Waals surface area contributed by atoms with Gasteiger partial charge in [0.15, 0.2) is 5.82 Å². The molecule has 7 nitrogen and oxygen atoms in total. The molecule has 0 bridgehead atoms. The lowest BCUT2D eigenvalue weighted by Crippen LogP contribution is -2.35. The van der Waals surface area contributed by atoms with Gasteiger partial charge in [0.25, 0.3) is 0 Å². The van der Waals surface area contributed by atoms with Gasteiger partial charge in [0.05, 0.1) is 18.5 Å². The predicted molar refractivity (Wildman–Crippen MR) is 119 cm³/mol. The van der Waals surface area contributed by atoms with E-state index in [1.54, 1.807) is 16.2 Å². The Hall–Kier alpha value is -3.00. The number of aryl methyl sites for hydroxylation is 2. The van der Waals surface area contributed by atoms with E-state index in [0.717, 1.165) is 53.6 Å². The number of nitrogens with zero attached hydrogens (tertiary/aromatic N) is 4. The van der Waals surface area contributed by atoms with Crippen molar-refractivity contribution < 1.29 is 9.59 Å². The van der Waals surface area contributed by atoms with Crippen LogP contribution in [0, 0.1) is 12.8 Å². The molecule has 0 radical (unpaired) electrons. The summed E-state index contributed by atoms with van der Waals surface area (Å²) in [5.41, 5.74) is 1.96. The van der Waals surface area contributed by atoms with Gasteiger partial charge < -0.3 is 14.8 Å². The van der Waals surface area contributed by atoms with Crippen LogP contribution in [0.2, 0.25) is 0 Å². The summed E-state index contributed by atoms with van der Waals surface area (Å²) in [5, 5.41) is 13.6. The molecule has 4 heterocycles. The van der Waals surface area contributed by atoms with Crippen LogP contribution in [0.1, 0.15) is 47.4 Å². The number of rotatable bonds is 5. The molecular weight excluding hydrogens is 410 g/mol. The lowest BCUT2D eigenvalue weighted by Gasteiger charge is -2.27. The van der Waals surface area contributed by atoms with Gasteiger partial charge in [0, 0.05) is 30.0 Å². The minimum absolute atomic E-state index is 0.0257. The molecule has 0 saturated carbocycles. The average molecular weight is 436 g/mol. The second-order valence-corrected chi connectivity index (χ2v) is 9.21. The normalized spacial score (nSPS) is 20.7. The zero-order chi connectivity index (χ0) is 21.4. The molecule has 3 aromatic rings. The minimum Gasteiger partial charge on any atom is -0.348 e. The molecule has 160 valence electrons. The van der Waals surface area contributed by atoms with Crippen LogP contribution >= 0.6 is 11.3 Å². The van der Waals surface area contributed by atoms with Gasteiger partial charge in [-0.05, 0) is 43.3 Å². The molecule has 5 rings (SSSR count). The van der Waals surface area contributed by atoms with E-state index in [9.17, 15) is 9.59 Å². The summed E-state index contributed by atoms with van der Waals surface area (Å²) in [6.45, 7) is 3.25. The maximum atomic E-state index is 13.2. The van der Waals surface area contributed by atoms with E-state index in [0.29, 0.717) is 6.54 Å². The SMILES string of the molecule is Cc1ccc(N2C(=O)CC(C(=O)NCc3nnc4n3CCCC4)C2c2cccs2)cc1. The van der Waals surface area contributed by atoms with Gasteiger partial charge in [-0.15, -0.1) is 21.5 Å². The van der Waals surface area contributed by atoms with Crippen LogP contribution in [-0.4, -0.2) is 26.6 Å². The van der Waals surface area contributed by atoms with Gasteiger partial charge in [-0.3, -0.25) is 9.59 Å². The predicted octanol–water partition coefficient (Wildman–Crippen LogP) is 3.39. The quantitative estimate of drug-likeness (QED) is 0.666. The number of amides is 2. The summed E-state index contributed by atoms with van der Waals surface area (Å²) in [7, 11) is 0. The number of fused-ring (bicyclic) bond motifs is 1. The number of carbonyl (C=O) groups is 2. The van der Waals surface area contributed by atoms with Crippen molar-refractivity contribution in [3.8, 4) is 0 Å². The number of thiophene rings is 1. The molecule has 2 aromatic heterocycles. The van der Waals surface area contributed by atoms with Crippen LogP contribution in [0.3, 0.4) is 0 Å². The van der Waals surface area contributed by atoms with Crippen molar-refractivity contribution in [1.82, 2.24) is 20.1 Å².